The number of nitrogens with zero attached hydrogens (tertiary/aromatic N) is 1. The lowest BCUT2D eigenvalue weighted by Crippen LogP contribution is -2.28. The zero-order valence-corrected chi connectivity index (χ0v) is 15.0. The molecular formula is C16H16N2O5S2. The first kappa shape index (κ1) is 17.6. The Balaban J connectivity index is 1.57. The lowest BCUT2D eigenvalue weighted by molar-refractivity contribution is -0.382. The van der Waals surface area contributed by atoms with E-state index < -0.39 is 4.92 Å². The molecule has 1 aliphatic rings. The van der Waals surface area contributed by atoms with Gasteiger partial charge in [-0.05, 0) is 36.1 Å². The summed E-state index contributed by atoms with van der Waals surface area (Å²) in [6, 6.07) is 7.02. The summed E-state index contributed by atoms with van der Waals surface area (Å²) in [6.45, 7) is 2.92. The molecule has 2 heterocycles. The largest absolute Gasteiger partial charge is 0.486 e. The van der Waals surface area contributed by atoms with Gasteiger partial charge in [0.05, 0.1) is 21.6 Å². The number of rotatable bonds is 6. The Kier molecular flexibility index (Phi) is 5.44. The molecule has 0 radical (unpaired) electrons. The van der Waals surface area contributed by atoms with E-state index in [1.807, 2.05) is 25.1 Å². The lowest BCUT2D eigenvalue weighted by Gasteiger charge is -2.21. The van der Waals surface area contributed by atoms with Crippen molar-refractivity contribution in [1.29, 1.82) is 0 Å². The number of amides is 1. The molecular weight excluding hydrogens is 364 g/mol. The van der Waals surface area contributed by atoms with Gasteiger partial charge in [-0.15, -0.1) is 11.8 Å². The quantitative estimate of drug-likeness (QED) is 0.469. The van der Waals surface area contributed by atoms with Crippen LogP contribution in [0.25, 0.3) is 0 Å². The van der Waals surface area contributed by atoms with Crippen molar-refractivity contribution < 1.29 is 19.2 Å². The third kappa shape index (κ3) is 4.23. The first-order valence-electron chi connectivity index (χ1n) is 7.58. The van der Waals surface area contributed by atoms with Crippen LogP contribution in [-0.2, 0) is 4.79 Å². The normalized spacial score (nSPS) is 14.0. The number of thioether (sulfide) groups is 1. The standard InChI is InChI=1S/C16H16N2O5S2/c1-10(11-2-3-12-13(8-11)23-6-5-22-12)17-15(19)9-25-14-4-7-24-16(14)18(20)21/h2-4,7-8,10H,5-6,9H2,1H3,(H,17,19). The molecule has 25 heavy (non-hydrogen) atoms. The highest BCUT2D eigenvalue weighted by atomic mass is 32.2. The van der Waals surface area contributed by atoms with Crippen LogP contribution in [0.15, 0.2) is 34.5 Å². The van der Waals surface area contributed by atoms with Gasteiger partial charge in [0.1, 0.15) is 13.2 Å². The number of carbonyl (C=O) groups is 1. The molecule has 0 saturated heterocycles. The summed E-state index contributed by atoms with van der Waals surface area (Å²) < 4.78 is 11.0. The lowest BCUT2D eigenvalue weighted by atomic mass is 10.1. The van der Waals surface area contributed by atoms with Crippen molar-refractivity contribution in [2.24, 2.45) is 0 Å². The maximum absolute atomic E-state index is 12.1. The molecule has 3 rings (SSSR count). The molecule has 7 nitrogen and oxygen atoms in total. The van der Waals surface area contributed by atoms with Crippen molar-refractivity contribution >= 4 is 34.0 Å². The SMILES string of the molecule is CC(NC(=O)CSc1ccsc1[N+](=O)[O-])c1ccc2c(c1)OCCO2. The highest BCUT2D eigenvalue weighted by Crippen LogP contribution is 2.34. The summed E-state index contributed by atoms with van der Waals surface area (Å²) in [5.74, 6) is 1.31. The topological polar surface area (TPSA) is 90.7 Å². The number of nitro groups is 1. The summed E-state index contributed by atoms with van der Waals surface area (Å²) in [5.41, 5.74) is 0.907. The Hall–Kier alpha value is -2.26. The first-order chi connectivity index (χ1) is 12.0. The predicted molar refractivity (Wildman–Crippen MR) is 95.7 cm³/mol. The van der Waals surface area contributed by atoms with Crippen LogP contribution < -0.4 is 14.8 Å². The number of thiophene rings is 1. The van der Waals surface area contributed by atoms with E-state index in [1.165, 1.54) is 0 Å². The van der Waals surface area contributed by atoms with Gasteiger partial charge in [0.15, 0.2) is 11.5 Å². The van der Waals surface area contributed by atoms with Gasteiger partial charge in [0.2, 0.25) is 5.91 Å². The van der Waals surface area contributed by atoms with Crippen molar-refractivity contribution in [2.45, 2.75) is 17.9 Å². The Labute approximate surface area is 152 Å². The van der Waals surface area contributed by atoms with Gasteiger partial charge in [-0.2, -0.15) is 0 Å². The van der Waals surface area contributed by atoms with Crippen molar-refractivity contribution in [1.82, 2.24) is 5.32 Å². The monoisotopic (exact) mass is 380 g/mol. The second-order valence-electron chi connectivity index (χ2n) is 5.33. The van der Waals surface area contributed by atoms with Crippen molar-refractivity contribution in [3.63, 3.8) is 0 Å². The first-order valence-corrected chi connectivity index (χ1v) is 9.44. The van der Waals surface area contributed by atoms with E-state index in [4.69, 9.17) is 9.47 Å². The van der Waals surface area contributed by atoms with Gasteiger partial charge in [-0.1, -0.05) is 17.4 Å². The smallest absolute Gasteiger partial charge is 0.337 e. The van der Waals surface area contributed by atoms with Gasteiger partial charge in [-0.25, -0.2) is 0 Å². The van der Waals surface area contributed by atoms with Gasteiger partial charge in [-0.3, -0.25) is 14.9 Å². The van der Waals surface area contributed by atoms with Crippen LogP contribution in [0.4, 0.5) is 5.00 Å². The molecule has 1 aliphatic heterocycles. The molecule has 0 spiro atoms. The number of ether oxygens (including phenoxy) is 2. The highest BCUT2D eigenvalue weighted by molar-refractivity contribution is 8.00. The average molecular weight is 380 g/mol. The molecule has 0 bridgehead atoms. The number of benzene rings is 1. The molecule has 0 saturated carbocycles. The molecule has 1 N–H and O–H groups in total. The van der Waals surface area contributed by atoms with E-state index in [9.17, 15) is 14.9 Å². The van der Waals surface area contributed by atoms with E-state index in [1.54, 1.807) is 11.4 Å². The van der Waals surface area contributed by atoms with E-state index in [0.717, 1.165) is 28.7 Å². The van der Waals surface area contributed by atoms with E-state index in [2.05, 4.69) is 5.32 Å². The molecule has 1 amide bonds. The number of fused-ring (bicyclic) bond motifs is 1. The van der Waals surface area contributed by atoms with Crippen LogP contribution in [0, 0.1) is 10.1 Å². The van der Waals surface area contributed by atoms with Crippen LogP contribution in [-0.4, -0.2) is 29.8 Å². The molecule has 1 atom stereocenters. The molecule has 0 aliphatic carbocycles. The molecule has 9 heteroatoms. The Morgan fingerprint density at radius 2 is 2.12 bits per heavy atom. The fourth-order valence-electron chi connectivity index (χ4n) is 2.37. The van der Waals surface area contributed by atoms with E-state index in [-0.39, 0.29) is 22.7 Å². The third-order valence-corrected chi connectivity index (χ3v) is 5.62. The van der Waals surface area contributed by atoms with Gasteiger partial charge < -0.3 is 14.8 Å². The van der Waals surface area contributed by atoms with Gasteiger partial charge >= 0.3 is 5.00 Å². The maximum Gasteiger partial charge on any atom is 0.337 e. The van der Waals surface area contributed by atoms with Crippen molar-refractivity contribution in [3.8, 4) is 11.5 Å². The zero-order valence-electron chi connectivity index (χ0n) is 13.4. The molecule has 1 aromatic carbocycles. The Bertz CT molecular complexity index is 793. The van der Waals surface area contributed by atoms with Crippen LogP contribution in [0.1, 0.15) is 18.5 Å². The number of hydrogen-bond acceptors (Lipinski definition) is 7. The zero-order chi connectivity index (χ0) is 17.8. The van der Waals surface area contributed by atoms with Crippen LogP contribution in [0.5, 0.6) is 11.5 Å². The average Bonchev–Trinajstić information content (AvgIpc) is 3.08. The summed E-state index contributed by atoms with van der Waals surface area (Å²) in [4.78, 5) is 23.1. The molecule has 0 fully saturated rings. The van der Waals surface area contributed by atoms with E-state index >= 15 is 0 Å². The van der Waals surface area contributed by atoms with Gasteiger partial charge in [0, 0.05) is 0 Å². The Morgan fingerprint density at radius 1 is 1.36 bits per heavy atom. The predicted octanol–water partition coefficient (Wildman–Crippen LogP) is 3.40. The molecule has 1 unspecified atom stereocenters. The summed E-state index contributed by atoms with van der Waals surface area (Å²) >= 11 is 2.22. The van der Waals surface area contributed by atoms with E-state index in [0.29, 0.717) is 29.6 Å². The maximum atomic E-state index is 12.1. The van der Waals surface area contributed by atoms with Crippen LogP contribution in [0.3, 0.4) is 0 Å². The van der Waals surface area contributed by atoms with Crippen molar-refractivity contribution in [2.75, 3.05) is 19.0 Å². The summed E-state index contributed by atoms with van der Waals surface area (Å²) in [5, 5.41) is 15.5. The minimum absolute atomic E-state index is 0.0673. The second kappa shape index (κ2) is 7.75. The van der Waals surface area contributed by atoms with Crippen LogP contribution >= 0.6 is 23.1 Å². The summed E-state index contributed by atoms with van der Waals surface area (Å²) in [7, 11) is 0. The summed E-state index contributed by atoms with van der Waals surface area (Å²) in [6.07, 6.45) is 0. The van der Waals surface area contributed by atoms with Crippen molar-refractivity contribution in [3.05, 3.63) is 45.3 Å². The molecule has 2 aromatic rings. The number of carbonyl (C=O) groups excluding carboxylic acids is 1. The van der Waals surface area contributed by atoms with Gasteiger partial charge in [0.25, 0.3) is 0 Å². The highest BCUT2D eigenvalue weighted by Gasteiger charge is 2.19. The number of hydrogen-bond donors (Lipinski definition) is 1. The Morgan fingerprint density at radius 3 is 2.88 bits per heavy atom. The third-order valence-electron chi connectivity index (χ3n) is 3.58. The fraction of sp³-hybridized carbons (Fsp3) is 0.312. The molecule has 1 aromatic heterocycles. The number of nitrogens with one attached hydrogen (secondary N) is 1. The fourth-order valence-corrected chi connectivity index (χ4v) is 4.11. The minimum atomic E-state index is -0.428. The minimum Gasteiger partial charge on any atom is -0.486 e. The van der Waals surface area contributed by atoms with Crippen LogP contribution in [0.2, 0.25) is 0 Å². The molecule has 132 valence electrons. The second-order valence-corrected chi connectivity index (χ2v) is 7.24.